The van der Waals surface area contributed by atoms with Crippen LogP contribution >= 0.6 is 0 Å². The van der Waals surface area contributed by atoms with Gasteiger partial charge in [-0.2, -0.15) is 5.10 Å². The van der Waals surface area contributed by atoms with Crippen LogP contribution in [0.25, 0.3) is 22.4 Å². The molecule has 1 aromatic carbocycles. The Hall–Kier alpha value is -3.29. The number of benzene rings is 1. The molecule has 4 heterocycles. The number of amides is 1. The van der Waals surface area contributed by atoms with Crippen molar-refractivity contribution in [3.8, 4) is 22.4 Å². The highest BCUT2D eigenvalue weighted by Gasteiger charge is 2.41. The Morgan fingerprint density at radius 3 is 2.41 bits per heavy atom. The molecule has 6 nitrogen and oxygen atoms in total. The lowest BCUT2D eigenvalue weighted by atomic mass is 9.77. The summed E-state index contributed by atoms with van der Waals surface area (Å²) in [6.45, 7) is 5.42. The minimum absolute atomic E-state index is 0.00309. The molecule has 0 atom stereocenters. The van der Waals surface area contributed by atoms with E-state index in [2.05, 4.69) is 20.5 Å². The summed E-state index contributed by atoms with van der Waals surface area (Å²) in [7, 11) is 0. The van der Waals surface area contributed by atoms with Crippen molar-refractivity contribution in [2.75, 3.05) is 24.5 Å². The molecule has 32 heavy (non-hydrogen) atoms. The molecule has 5 rings (SSSR count). The van der Waals surface area contributed by atoms with Crippen molar-refractivity contribution in [3.05, 3.63) is 53.5 Å². The Bertz CT molecular complexity index is 1170. The fourth-order valence-corrected chi connectivity index (χ4v) is 5.01. The SMILES string of the molecule is Cc1cc(-c2n[nH]c(C)c2-c2cc(F)c(N3CCC4(CC3)CNC(=O)C4)c(F)c2)ccn1. The van der Waals surface area contributed by atoms with Gasteiger partial charge in [-0.3, -0.25) is 14.9 Å². The highest BCUT2D eigenvalue weighted by Crippen LogP contribution is 2.41. The van der Waals surface area contributed by atoms with Crippen molar-refractivity contribution < 1.29 is 13.6 Å². The molecule has 2 aliphatic rings. The molecule has 0 aliphatic carbocycles. The van der Waals surface area contributed by atoms with Gasteiger partial charge in [0.05, 0.1) is 0 Å². The van der Waals surface area contributed by atoms with E-state index in [9.17, 15) is 4.79 Å². The first kappa shape index (κ1) is 20.6. The standard InChI is InChI=1S/C24H25F2N5O/c1-14-9-16(3-6-27-14)22-21(15(2)29-30-22)17-10-18(25)23(19(26)11-17)31-7-4-24(5-8-31)12-20(32)28-13-24/h3,6,9-11H,4-5,7-8,12-13H2,1-2H3,(H,28,32)(H,29,30). The predicted octanol–water partition coefficient (Wildman–Crippen LogP) is 4.14. The van der Waals surface area contributed by atoms with E-state index in [-0.39, 0.29) is 17.0 Å². The second-order valence-electron chi connectivity index (χ2n) is 8.99. The minimum Gasteiger partial charge on any atom is -0.367 e. The fraction of sp³-hybridized carbons (Fsp3) is 0.375. The lowest BCUT2D eigenvalue weighted by Crippen LogP contribution is -2.42. The van der Waals surface area contributed by atoms with Gasteiger partial charge in [0.2, 0.25) is 5.91 Å². The summed E-state index contributed by atoms with van der Waals surface area (Å²) in [6, 6.07) is 6.50. The number of hydrogen-bond donors (Lipinski definition) is 2. The number of aromatic nitrogens is 3. The quantitative estimate of drug-likeness (QED) is 0.646. The van der Waals surface area contributed by atoms with Gasteiger partial charge in [-0.05, 0) is 61.9 Å². The van der Waals surface area contributed by atoms with Crippen molar-refractivity contribution in [1.29, 1.82) is 0 Å². The summed E-state index contributed by atoms with van der Waals surface area (Å²) in [4.78, 5) is 17.6. The molecule has 0 radical (unpaired) electrons. The van der Waals surface area contributed by atoms with Gasteiger partial charge in [0.15, 0.2) is 0 Å². The van der Waals surface area contributed by atoms with E-state index in [4.69, 9.17) is 0 Å². The second-order valence-corrected chi connectivity index (χ2v) is 8.99. The van der Waals surface area contributed by atoms with Gasteiger partial charge >= 0.3 is 0 Å². The van der Waals surface area contributed by atoms with Gasteiger partial charge in [0.1, 0.15) is 23.0 Å². The van der Waals surface area contributed by atoms with Crippen LogP contribution in [-0.4, -0.2) is 40.7 Å². The van der Waals surface area contributed by atoms with E-state index < -0.39 is 11.6 Å². The topological polar surface area (TPSA) is 73.9 Å². The molecule has 0 saturated carbocycles. The summed E-state index contributed by atoms with van der Waals surface area (Å²) in [5.74, 6) is -1.11. The van der Waals surface area contributed by atoms with Crippen molar-refractivity contribution in [1.82, 2.24) is 20.5 Å². The zero-order valence-electron chi connectivity index (χ0n) is 18.1. The number of aryl methyl sites for hydroxylation is 2. The molecule has 8 heteroatoms. The number of pyridine rings is 1. The molecule has 2 fully saturated rings. The first-order chi connectivity index (χ1) is 15.3. The maximum atomic E-state index is 15.3. The lowest BCUT2D eigenvalue weighted by Gasteiger charge is -2.39. The third-order valence-corrected chi connectivity index (χ3v) is 6.76. The number of rotatable bonds is 3. The predicted molar refractivity (Wildman–Crippen MR) is 118 cm³/mol. The Balaban J connectivity index is 1.46. The van der Waals surface area contributed by atoms with Crippen LogP contribution in [0.15, 0.2) is 30.5 Å². The lowest BCUT2D eigenvalue weighted by molar-refractivity contribution is -0.119. The van der Waals surface area contributed by atoms with Crippen LogP contribution in [0.4, 0.5) is 14.5 Å². The molecule has 0 bridgehead atoms. The highest BCUT2D eigenvalue weighted by atomic mass is 19.1. The number of hydrogen-bond acceptors (Lipinski definition) is 4. The van der Waals surface area contributed by atoms with Gasteiger partial charge in [-0.25, -0.2) is 8.78 Å². The average Bonchev–Trinajstić information content (AvgIpc) is 3.31. The molecule has 1 amide bonds. The van der Waals surface area contributed by atoms with Gasteiger partial charge in [0.25, 0.3) is 0 Å². The second kappa shape index (κ2) is 7.69. The van der Waals surface area contributed by atoms with Crippen molar-refractivity contribution >= 4 is 11.6 Å². The van der Waals surface area contributed by atoms with Crippen LogP contribution in [0.5, 0.6) is 0 Å². The molecular weight excluding hydrogens is 412 g/mol. The molecule has 0 unspecified atom stereocenters. The smallest absolute Gasteiger partial charge is 0.220 e. The number of aromatic amines is 1. The molecule has 2 saturated heterocycles. The Labute approximate surface area is 185 Å². The largest absolute Gasteiger partial charge is 0.367 e. The zero-order chi connectivity index (χ0) is 22.5. The summed E-state index contributed by atoms with van der Waals surface area (Å²) in [5.41, 5.74) is 4.09. The van der Waals surface area contributed by atoms with Gasteiger partial charge in [0, 0.05) is 54.8 Å². The molecule has 2 aromatic heterocycles. The van der Waals surface area contributed by atoms with Gasteiger partial charge in [-0.1, -0.05) is 0 Å². The number of anilines is 1. The van der Waals surface area contributed by atoms with E-state index in [0.29, 0.717) is 42.9 Å². The normalized spacial score (nSPS) is 17.8. The number of piperidine rings is 1. The summed E-state index contributed by atoms with van der Waals surface area (Å²) < 4.78 is 30.5. The molecule has 2 aliphatic heterocycles. The van der Waals surface area contributed by atoms with E-state index in [1.807, 2.05) is 26.0 Å². The molecule has 2 N–H and O–H groups in total. The van der Waals surface area contributed by atoms with Crippen molar-refractivity contribution in [3.63, 3.8) is 0 Å². The third-order valence-electron chi connectivity index (χ3n) is 6.76. The monoisotopic (exact) mass is 437 g/mol. The number of nitrogens with one attached hydrogen (secondary N) is 2. The van der Waals surface area contributed by atoms with Crippen LogP contribution in [-0.2, 0) is 4.79 Å². The van der Waals surface area contributed by atoms with Gasteiger partial charge in [-0.15, -0.1) is 0 Å². The van der Waals surface area contributed by atoms with Crippen molar-refractivity contribution in [2.24, 2.45) is 5.41 Å². The summed E-state index contributed by atoms with van der Waals surface area (Å²) in [5, 5.41) is 10.2. The maximum Gasteiger partial charge on any atom is 0.220 e. The fourth-order valence-electron chi connectivity index (χ4n) is 5.01. The van der Waals surface area contributed by atoms with E-state index in [1.54, 1.807) is 11.1 Å². The van der Waals surface area contributed by atoms with Crippen LogP contribution in [0.3, 0.4) is 0 Å². The van der Waals surface area contributed by atoms with Crippen LogP contribution in [0.1, 0.15) is 30.7 Å². The zero-order valence-corrected chi connectivity index (χ0v) is 18.1. The van der Waals surface area contributed by atoms with Crippen molar-refractivity contribution in [2.45, 2.75) is 33.1 Å². The van der Waals surface area contributed by atoms with Crippen LogP contribution in [0.2, 0.25) is 0 Å². The Kier molecular flexibility index (Phi) is 4.95. The van der Waals surface area contributed by atoms with Crippen LogP contribution < -0.4 is 10.2 Å². The summed E-state index contributed by atoms with van der Waals surface area (Å²) >= 11 is 0. The number of carbonyl (C=O) groups is 1. The number of nitrogens with zero attached hydrogens (tertiary/aromatic N) is 3. The van der Waals surface area contributed by atoms with E-state index in [1.165, 1.54) is 12.1 Å². The molecular formula is C24H25F2N5O. The minimum atomic E-state index is -0.589. The Morgan fingerprint density at radius 2 is 1.78 bits per heavy atom. The van der Waals surface area contributed by atoms with Crippen LogP contribution in [0, 0.1) is 30.9 Å². The summed E-state index contributed by atoms with van der Waals surface area (Å²) in [6.07, 6.45) is 3.67. The number of H-pyrrole nitrogens is 1. The number of halogens is 2. The Morgan fingerprint density at radius 1 is 1.06 bits per heavy atom. The van der Waals surface area contributed by atoms with E-state index >= 15 is 8.78 Å². The van der Waals surface area contributed by atoms with Gasteiger partial charge < -0.3 is 10.2 Å². The molecule has 3 aromatic rings. The average molecular weight is 437 g/mol. The maximum absolute atomic E-state index is 15.3. The number of carbonyl (C=O) groups excluding carboxylic acids is 1. The third kappa shape index (κ3) is 3.53. The first-order valence-corrected chi connectivity index (χ1v) is 10.8. The van der Waals surface area contributed by atoms with E-state index in [0.717, 1.165) is 29.8 Å². The molecule has 1 spiro atoms. The first-order valence-electron chi connectivity index (χ1n) is 10.8. The highest BCUT2D eigenvalue weighted by molar-refractivity contribution is 5.83. The molecule has 166 valence electrons.